The van der Waals surface area contributed by atoms with Crippen molar-refractivity contribution in [2.45, 2.75) is 44.8 Å². The summed E-state index contributed by atoms with van der Waals surface area (Å²) in [6.07, 6.45) is -3.87. The summed E-state index contributed by atoms with van der Waals surface area (Å²) in [7, 11) is 0. The van der Waals surface area contributed by atoms with Crippen molar-refractivity contribution in [3.8, 4) is 0 Å². The molecule has 1 N–H and O–H groups in total. The van der Waals surface area contributed by atoms with E-state index >= 15 is 0 Å². The van der Waals surface area contributed by atoms with E-state index in [1.807, 2.05) is 13.8 Å². The van der Waals surface area contributed by atoms with Gasteiger partial charge in [0.15, 0.2) is 0 Å². The average Bonchev–Trinajstić information content (AvgIpc) is 2.11. The molecule has 0 rings (SSSR count). The smallest absolute Gasteiger partial charge is 0.310 e. The minimum atomic E-state index is -4.05. The molecule has 0 saturated carbocycles. The Kier molecular flexibility index (Phi) is 5.83. The van der Waals surface area contributed by atoms with Crippen molar-refractivity contribution in [3.05, 3.63) is 0 Å². The Morgan fingerprint density at radius 2 is 1.86 bits per heavy atom. The Bertz CT molecular complexity index is 155. The quantitative estimate of drug-likeness (QED) is 0.546. The molecule has 0 bridgehead atoms. The summed E-state index contributed by atoms with van der Waals surface area (Å²) in [5.74, 6) is 0.412. The van der Waals surface area contributed by atoms with E-state index in [1.165, 1.54) is 0 Å². The van der Waals surface area contributed by atoms with Crippen LogP contribution in [0.5, 0.6) is 0 Å². The number of nitrogens with one attached hydrogen (secondary N) is 1. The van der Waals surface area contributed by atoms with Crippen molar-refractivity contribution in [2.75, 3.05) is 12.4 Å². The van der Waals surface area contributed by atoms with Crippen LogP contribution in [-0.2, 0) is 0 Å². The van der Waals surface area contributed by atoms with Gasteiger partial charge in [-0.25, -0.2) is 0 Å². The molecule has 0 aromatic heterocycles. The maximum atomic E-state index is 11.8. The first-order valence-corrected chi connectivity index (χ1v) is 5.24. The summed E-state index contributed by atoms with van der Waals surface area (Å²) < 4.78 is 35.4. The highest BCUT2D eigenvalue weighted by molar-refractivity contribution is 6.18. The molecular weight excluding hydrogens is 215 g/mol. The SMILES string of the molecule is CCC(C)(CCl)NCCCC(F)(F)F. The van der Waals surface area contributed by atoms with Gasteiger partial charge in [-0.05, 0) is 26.3 Å². The zero-order valence-corrected chi connectivity index (χ0v) is 9.30. The molecule has 0 radical (unpaired) electrons. The van der Waals surface area contributed by atoms with Gasteiger partial charge < -0.3 is 5.32 Å². The fourth-order valence-electron chi connectivity index (χ4n) is 0.946. The van der Waals surface area contributed by atoms with E-state index in [-0.39, 0.29) is 12.0 Å². The standard InChI is InChI=1S/C9H17ClF3N/c1-3-8(2,7-10)14-6-4-5-9(11,12)13/h14H,3-7H2,1-2H3. The number of hydrogen-bond acceptors (Lipinski definition) is 1. The van der Waals surface area contributed by atoms with Crippen molar-refractivity contribution in [1.82, 2.24) is 5.32 Å². The van der Waals surface area contributed by atoms with Gasteiger partial charge in [-0.3, -0.25) is 0 Å². The van der Waals surface area contributed by atoms with Gasteiger partial charge in [0.25, 0.3) is 0 Å². The van der Waals surface area contributed by atoms with Crippen LogP contribution in [0.1, 0.15) is 33.1 Å². The third-order valence-corrected chi connectivity index (χ3v) is 2.85. The van der Waals surface area contributed by atoms with Crippen LogP contribution in [0.15, 0.2) is 0 Å². The predicted octanol–water partition coefficient (Wildman–Crippen LogP) is 3.33. The molecule has 0 spiro atoms. The van der Waals surface area contributed by atoms with Crippen LogP contribution in [0, 0.1) is 0 Å². The van der Waals surface area contributed by atoms with Crippen LogP contribution in [0.4, 0.5) is 13.2 Å². The number of rotatable bonds is 6. The van der Waals surface area contributed by atoms with Crippen LogP contribution in [-0.4, -0.2) is 24.1 Å². The monoisotopic (exact) mass is 231 g/mol. The Labute approximate surface area is 88.0 Å². The fraction of sp³-hybridized carbons (Fsp3) is 1.00. The van der Waals surface area contributed by atoms with E-state index < -0.39 is 12.6 Å². The molecule has 0 saturated heterocycles. The lowest BCUT2D eigenvalue weighted by Gasteiger charge is -2.27. The topological polar surface area (TPSA) is 12.0 Å². The molecule has 0 aliphatic carbocycles. The second kappa shape index (κ2) is 5.81. The first-order chi connectivity index (χ1) is 6.33. The van der Waals surface area contributed by atoms with Gasteiger partial charge in [0, 0.05) is 17.8 Å². The molecule has 0 fully saturated rings. The maximum Gasteiger partial charge on any atom is 0.389 e. The molecule has 0 amide bonds. The normalized spacial score (nSPS) is 16.7. The van der Waals surface area contributed by atoms with Gasteiger partial charge in [-0.2, -0.15) is 13.2 Å². The largest absolute Gasteiger partial charge is 0.389 e. The van der Waals surface area contributed by atoms with E-state index in [0.29, 0.717) is 12.4 Å². The highest BCUT2D eigenvalue weighted by atomic mass is 35.5. The maximum absolute atomic E-state index is 11.8. The zero-order chi connectivity index (χ0) is 11.2. The minimum absolute atomic E-state index is 0.107. The third kappa shape index (κ3) is 6.49. The first-order valence-electron chi connectivity index (χ1n) is 4.71. The first kappa shape index (κ1) is 14.0. The number of hydrogen-bond donors (Lipinski definition) is 1. The van der Waals surface area contributed by atoms with Crippen molar-refractivity contribution in [2.24, 2.45) is 0 Å². The third-order valence-electron chi connectivity index (χ3n) is 2.26. The Hall–Kier alpha value is 0.0400. The van der Waals surface area contributed by atoms with Crippen molar-refractivity contribution < 1.29 is 13.2 Å². The molecule has 0 aromatic carbocycles. The van der Waals surface area contributed by atoms with Crippen molar-refractivity contribution in [3.63, 3.8) is 0 Å². The Morgan fingerprint density at radius 3 is 2.21 bits per heavy atom. The fourth-order valence-corrected chi connectivity index (χ4v) is 1.23. The molecule has 5 heteroatoms. The van der Waals surface area contributed by atoms with Crippen LogP contribution in [0.25, 0.3) is 0 Å². The van der Waals surface area contributed by atoms with Gasteiger partial charge in [0.1, 0.15) is 0 Å². The number of halogens is 4. The lowest BCUT2D eigenvalue weighted by atomic mass is 10.0. The second-order valence-corrected chi connectivity index (χ2v) is 3.96. The summed E-state index contributed by atoms with van der Waals surface area (Å²) in [6.45, 7) is 4.23. The summed E-state index contributed by atoms with van der Waals surface area (Å²) in [4.78, 5) is 0. The summed E-state index contributed by atoms with van der Waals surface area (Å²) >= 11 is 5.69. The van der Waals surface area contributed by atoms with Crippen LogP contribution in [0.2, 0.25) is 0 Å². The van der Waals surface area contributed by atoms with E-state index in [1.54, 1.807) is 0 Å². The number of alkyl halides is 4. The summed E-state index contributed by atoms with van der Waals surface area (Å²) in [5.41, 5.74) is -0.243. The van der Waals surface area contributed by atoms with Gasteiger partial charge >= 0.3 is 6.18 Å². The summed E-state index contributed by atoms with van der Waals surface area (Å²) in [6, 6.07) is 0. The molecule has 0 aliphatic rings. The van der Waals surface area contributed by atoms with Crippen LogP contribution < -0.4 is 5.32 Å². The van der Waals surface area contributed by atoms with Crippen molar-refractivity contribution >= 4 is 11.6 Å². The Morgan fingerprint density at radius 1 is 1.29 bits per heavy atom. The Balaban J connectivity index is 3.63. The molecule has 14 heavy (non-hydrogen) atoms. The predicted molar refractivity (Wildman–Crippen MR) is 52.7 cm³/mol. The molecule has 0 aromatic rings. The van der Waals surface area contributed by atoms with Gasteiger partial charge in [0.05, 0.1) is 0 Å². The molecular formula is C9H17ClF3N. The van der Waals surface area contributed by atoms with Gasteiger partial charge in [-0.1, -0.05) is 6.92 Å². The van der Waals surface area contributed by atoms with Gasteiger partial charge in [-0.15, -0.1) is 11.6 Å². The molecule has 1 unspecified atom stereocenters. The lowest BCUT2D eigenvalue weighted by molar-refractivity contribution is -0.135. The second-order valence-electron chi connectivity index (χ2n) is 3.69. The molecule has 0 heterocycles. The molecule has 1 nitrogen and oxygen atoms in total. The highest BCUT2D eigenvalue weighted by Gasteiger charge is 2.26. The zero-order valence-electron chi connectivity index (χ0n) is 8.55. The lowest BCUT2D eigenvalue weighted by Crippen LogP contribution is -2.44. The molecule has 86 valence electrons. The molecule has 0 aliphatic heterocycles. The van der Waals surface area contributed by atoms with Crippen molar-refractivity contribution in [1.29, 1.82) is 0 Å². The van der Waals surface area contributed by atoms with Crippen LogP contribution >= 0.6 is 11.6 Å². The van der Waals surface area contributed by atoms with E-state index in [9.17, 15) is 13.2 Å². The molecule has 1 atom stereocenters. The van der Waals surface area contributed by atoms with Crippen LogP contribution in [0.3, 0.4) is 0 Å². The van der Waals surface area contributed by atoms with E-state index in [2.05, 4.69) is 5.32 Å². The van der Waals surface area contributed by atoms with Gasteiger partial charge in [0.2, 0.25) is 0 Å². The van der Waals surface area contributed by atoms with E-state index in [4.69, 9.17) is 11.6 Å². The van der Waals surface area contributed by atoms with E-state index in [0.717, 1.165) is 6.42 Å². The minimum Gasteiger partial charge on any atom is -0.310 e. The average molecular weight is 232 g/mol. The summed E-state index contributed by atoms with van der Waals surface area (Å²) in [5, 5.41) is 3.04. The highest BCUT2D eigenvalue weighted by Crippen LogP contribution is 2.21.